The van der Waals surface area contributed by atoms with Crippen molar-refractivity contribution in [3.63, 3.8) is 0 Å². The summed E-state index contributed by atoms with van der Waals surface area (Å²) in [6.45, 7) is 4.26. The highest BCUT2D eigenvalue weighted by atomic mass is 19.4. The molecular weight excluding hydrogens is 249 g/mol. The average molecular weight is 272 g/mol. The van der Waals surface area contributed by atoms with E-state index in [0.29, 0.717) is 6.29 Å². The lowest BCUT2D eigenvalue weighted by molar-refractivity contribution is -0.123. The van der Waals surface area contributed by atoms with E-state index >= 15 is 0 Å². The van der Waals surface area contributed by atoms with Crippen LogP contribution in [0.2, 0.25) is 0 Å². The molecule has 0 bridgehead atoms. The van der Waals surface area contributed by atoms with Gasteiger partial charge >= 0.3 is 6.18 Å². The molecule has 0 aliphatic rings. The minimum Gasteiger partial charge on any atom is -0.386 e. The summed E-state index contributed by atoms with van der Waals surface area (Å²) in [6, 6.07) is 0. The van der Waals surface area contributed by atoms with E-state index in [4.69, 9.17) is 0 Å². The lowest BCUT2D eigenvalue weighted by Gasteiger charge is -2.16. The zero-order valence-corrected chi connectivity index (χ0v) is 11.2. The molecule has 0 saturated carbocycles. The zero-order valence-electron chi connectivity index (χ0n) is 11.2. The highest BCUT2D eigenvalue weighted by molar-refractivity contribution is 5.51. The third-order valence-electron chi connectivity index (χ3n) is 1.48. The molecule has 0 radical (unpaired) electrons. The third kappa shape index (κ3) is 14.9. The number of hydrogen-bond donors (Lipinski definition) is 3. The maximum Gasteiger partial charge on any atom is 0.405 e. The van der Waals surface area contributed by atoms with Crippen LogP contribution in [0.3, 0.4) is 0 Å². The second kappa shape index (κ2) is 14.0. The van der Waals surface area contributed by atoms with Crippen molar-refractivity contribution in [2.24, 2.45) is 5.73 Å². The molecule has 18 heavy (non-hydrogen) atoms. The largest absolute Gasteiger partial charge is 0.405 e. The van der Waals surface area contributed by atoms with Crippen LogP contribution in [0.1, 0.15) is 27.2 Å². The second-order valence-electron chi connectivity index (χ2n) is 2.63. The van der Waals surface area contributed by atoms with Gasteiger partial charge in [0, 0.05) is 12.1 Å². The van der Waals surface area contributed by atoms with Gasteiger partial charge in [-0.1, -0.05) is 19.9 Å². The van der Waals surface area contributed by atoms with E-state index in [9.17, 15) is 23.1 Å². The number of nitrogens with two attached hydrogens (primary N) is 1. The second-order valence-corrected chi connectivity index (χ2v) is 2.63. The Kier molecular flexibility index (Phi) is 17.2. The van der Waals surface area contributed by atoms with Gasteiger partial charge in [-0.05, 0) is 14.0 Å². The fraction of sp³-hybridized carbons (Fsp3) is 0.727. The Labute approximate surface area is 106 Å². The lowest BCUT2D eigenvalue weighted by atomic mass is 10.2. The molecule has 0 aromatic carbocycles. The number of carbonyl (C=O) groups excluding carboxylic acids is 1. The molecular formula is C11H23F3N2O2. The van der Waals surface area contributed by atoms with Crippen molar-refractivity contribution in [3.8, 4) is 0 Å². The summed E-state index contributed by atoms with van der Waals surface area (Å²) < 4.78 is 35.3. The quantitative estimate of drug-likeness (QED) is 0.664. The van der Waals surface area contributed by atoms with Gasteiger partial charge in [0.25, 0.3) is 0 Å². The van der Waals surface area contributed by atoms with Crippen LogP contribution in [0.15, 0.2) is 11.8 Å². The van der Waals surface area contributed by atoms with Crippen molar-refractivity contribution < 1.29 is 23.1 Å². The Bertz CT molecular complexity index is 219. The predicted molar refractivity (Wildman–Crippen MR) is 66.0 cm³/mol. The molecule has 0 rings (SSSR count). The van der Waals surface area contributed by atoms with E-state index in [1.54, 1.807) is 0 Å². The summed E-state index contributed by atoms with van der Waals surface area (Å²) in [5.41, 5.74) is 4.51. The van der Waals surface area contributed by atoms with Crippen molar-refractivity contribution in [2.75, 3.05) is 13.6 Å². The van der Waals surface area contributed by atoms with Gasteiger partial charge in [-0.2, -0.15) is 13.2 Å². The molecule has 0 heterocycles. The molecule has 0 spiro atoms. The monoisotopic (exact) mass is 272 g/mol. The number of aliphatic hydroxyl groups is 1. The first-order valence-corrected chi connectivity index (χ1v) is 5.57. The van der Waals surface area contributed by atoms with Crippen LogP contribution in [-0.2, 0) is 4.79 Å². The Balaban J connectivity index is -0.000000506. The minimum atomic E-state index is -4.34. The van der Waals surface area contributed by atoms with Crippen molar-refractivity contribution in [3.05, 3.63) is 11.8 Å². The van der Waals surface area contributed by atoms with Crippen LogP contribution < -0.4 is 11.1 Å². The molecule has 110 valence electrons. The predicted octanol–water partition coefficient (Wildman–Crippen LogP) is 1.59. The maximum absolute atomic E-state index is 11.8. The van der Waals surface area contributed by atoms with E-state index in [2.05, 4.69) is 5.73 Å². The van der Waals surface area contributed by atoms with Gasteiger partial charge in [-0.15, -0.1) is 0 Å². The first-order valence-electron chi connectivity index (χ1n) is 5.57. The molecule has 0 aliphatic carbocycles. The Hall–Kier alpha value is -1.08. The smallest absolute Gasteiger partial charge is 0.386 e. The summed E-state index contributed by atoms with van der Waals surface area (Å²) in [5.74, 6) is 0. The fourth-order valence-electron chi connectivity index (χ4n) is 0.833. The number of aldehydes is 1. The number of rotatable bonds is 5. The number of halogens is 3. The number of nitrogens with one attached hydrogen (secondary N) is 1. The summed E-state index contributed by atoms with van der Waals surface area (Å²) in [4.78, 5) is 10.00. The van der Waals surface area contributed by atoms with Gasteiger partial charge in [0.2, 0.25) is 0 Å². The van der Waals surface area contributed by atoms with E-state index in [1.807, 2.05) is 19.2 Å². The molecule has 0 fully saturated rings. The molecule has 1 atom stereocenters. The minimum absolute atomic E-state index is 0.00873. The molecule has 0 saturated heterocycles. The number of hydrogen-bond acceptors (Lipinski definition) is 4. The van der Waals surface area contributed by atoms with Crippen LogP contribution in [0.25, 0.3) is 0 Å². The fourth-order valence-corrected chi connectivity index (χ4v) is 0.833. The van der Waals surface area contributed by atoms with Crippen molar-refractivity contribution in [2.45, 2.75) is 39.5 Å². The van der Waals surface area contributed by atoms with Crippen LogP contribution >= 0.6 is 0 Å². The SMILES string of the molecule is C/C=C(\NCC(F)(F)F)C(O)CC=O.CC.CN. The topological polar surface area (TPSA) is 75.3 Å². The number of aliphatic hydroxyl groups excluding tert-OH is 1. The van der Waals surface area contributed by atoms with Gasteiger partial charge in [0.15, 0.2) is 0 Å². The van der Waals surface area contributed by atoms with Crippen LogP contribution in [0.5, 0.6) is 0 Å². The number of alkyl halides is 3. The van der Waals surface area contributed by atoms with Crippen LogP contribution in [-0.4, -0.2) is 37.3 Å². The van der Waals surface area contributed by atoms with E-state index in [1.165, 1.54) is 20.0 Å². The van der Waals surface area contributed by atoms with Crippen molar-refractivity contribution in [1.82, 2.24) is 5.32 Å². The summed E-state index contributed by atoms with van der Waals surface area (Å²) in [6.07, 6.45) is -4.00. The summed E-state index contributed by atoms with van der Waals surface area (Å²) in [5, 5.41) is 11.2. The first kappa shape index (κ1) is 22.1. The van der Waals surface area contributed by atoms with E-state index < -0.39 is 18.8 Å². The highest BCUT2D eigenvalue weighted by Gasteiger charge is 2.27. The van der Waals surface area contributed by atoms with Crippen LogP contribution in [0.4, 0.5) is 13.2 Å². The van der Waals surface area contributed by atoms with Crippen molar-refractivity contribution >= 4 is 6.29 Å². The Morgan fingerprint density at radius 2 is 1.83 bits per heavy atom. The lowest BCUT2D eigenvalue weighted by Crippen LogP contribution is -2.32. The molecule has 7 heteroatoms. The van der Waals surface area contributed by atoms with E-state index in [0.717, 1.165) is 0 Å². The van der Waals surface area contributed by atoms with E-state index in [-0.39, 0.29) is 12.1 Å². The maximum atomic E-state index is 11.8. The molecule has 0 aromatic heterocycles. The van der Waals surface area contributed by atoms with Gasteiger partial charge in [-0.3, -0.25) is 0 Å². The summed E-state index contributed by atoms with van der Waals surface area (Å²) in [7, 11) is 1.50. The zero-order chi connectivity index (χ0) is 15.2. The van der Waals surface area contributed by atoms with Gasteiger partial charge in [-0.25, -0.2) is 0 Å². The standard InChI is InChI=1S/C8H12F3NO2.C2H6.CH5N/c1-2-6(7(14)3-4-13)12-5-8(9,10)11;2*1-2/h2,4,7,12,14H,3,5H2,1H3;1-2H3;2H2,1H3/b6-2-;;. The Morgan fingerprint density at radius 1 is 1.39 bits per heavy atom. The third-order valence-corrected chi connectivity index (χ3v) is 1.48. The van der Waals surface area contributed by atoms with Gasteiger partial charge in [0.1, 0.15) is 12.8 Å². The molecule has 4 nitrogen and oxygen atoms in total. The molecule has 0 aliphatic heterocycles. The first-order chi connectivity index (χ1) is 8.40. The van der Waals surface area contributed by atoms with Gasteiger partial charge in [0.05, 0.1) is 6.10 Å². The van der Waals surface area contributed by atoms with Gasteiger partial charge < -0.3 is 21.0 Å². The molecule has 0 aromatic rings. The molecule has 1 unspecified atom stereocenters. The number of allylic oxidation sites excluding steroid dienone is 1. The van der Waals surface area contributed by atoms with Crippen LogP contribution in [0, 0.1) is 0 Å². The highest BCUT2D eigenvalue weighted by Crippen LogP contribution is 2.14. The Morgan fingerprint density at radius 3 is 2.11 bits per heavy atom. The number of carbonyl (C=O) groups is 1. The molecule has 4 N–H and O–H groups in total. The normalized spacial score (nSPS) is 12.4. The summed E-state index contributed by atoms with van der Waals surface area (Å²) >= 11 is 0. The van der Waals surface area contributed by atoms with Crippen molar-refractivity contribution in [1.29, 1.82) is 0 Å². The average Bonchev–Trinajstić information content (AvgIpc) is 2.34. The molecule has 0 amide bonds.